The van der Waals surface area contributed by atoms with Crippen molar-refractivity contribution in [3.63, 3.8) is 0 Å². The van der Waals surface area contributed by atoms with Crippen LogP contribution in [0.5, 0.6) is 0 Å². The van der Waals surface area contributed by atoms with Gasteiger partial charge in [0.2, 0.25) is 5.91 Å². The molecule has 1 saturated carbocycles. The summed E-state index contributed by atoms with van der Waals surface area (Å²) in [4.78, 5) is 23.8. The first-order valence-corrected chi connectivity index (χ1v) is 7.27. The van der Waals surface area contributed by atoms with Gasteiger partial charge in [-0.05, 0) is 25.3 Å². The molecule has 3 atom stereocenters. The molecule has 4 N–H and O–H groups in total. The number of nitrogens with two attached hydrogens (primary N) is 1. The molecule has 5 nitrogen and oxygen atoms in total. The highest BCUT2D eigenvalue weighted by Crippen LogP contribution is 2.36. The molecule has 0 aliphatic heterocycles. The number of hydrogen-bond donors (Lipinski definition) is 3. The van der Waals surface area contributed by atoms with Gasteiger partial charge < -0.3 is 16.2 Å². The van der Waals surface area contributed by atoms with Crippen LogP contribution in [0.1, 0.15) is 31.7 Å². The normalized spacial score (nSPS) is 26.3. The van der Waals surface area contributed by atoms with Crippen molar-refractivity contribution in [2.24, 2.45) is 11.1 Å². The average molecular weight is 290 g/mol. The van der Waals surface area contributed by atoms with E-state index in [9.17, 15) is 14.7 Å². The van der Waals surface area contributed by atoms with Crippen molar-refractivity contribution in [1.29, 1.82) is 0 Å². The van der Waals surface area contributed by atoms with Gasteiger partial charge in [-0.2, -0.15) is 0 Å². The fraction of sp³-hybridized carbons (Fsp3) is 0.500. The molecule has 1 amide bonds. The number of carboxylic acid groups (broad SMARTS) is 1. The van der Waals surface area contributed by atoms with Crippen molar-refractivity contribution < 1.29 is 14.7 Å². The van der Waals surface area contributed by atoms with E-state index in [-0.39, 0.29) is 18.4 Å². The summed E-state index contributed by atoms with van der Waals surface area (Å²) in [7, 11) is 0. The highest BCUT2D eigenvalue weighted by atomic mass is 16.4. The molecule has 1 fully saturated rings. The fourth-order valence-corrected chi connectivity index (χ4v) is 2.85. The van der Waals surface area contributed by atoms with Gasteiger partial charge in [-0.1, -0.05) is 36.8 Å². The van der Waals surface area contributed by atoms with E-state index in [4.69, 9.17) is 5.73 Å². The molecule has 0 aromatic heterocycles. The molecule has 2 rings (SSSR count). The van der Waals surface area contributed by atoms with Crippen molar-refractivity contribution in [1.82, 2.24) is 5.32 Å². The topological polar surface area (TPSA) is 92.4 Å². The molecular weight excluding hydrogens is 268 g/mol. The second kappa shape index (κ2) is 6.26. The maximum Gasteiger partial charge on any atom is 0.326 e. The number of nitrogens with one attached hydrogen (secondary N) is 1. The lowest BCUT2D eigenvalue weighted by molar-refractivity contribution is -0.143. The Kier molecular flexibility index (Phi) is 4.63. The molecule has 5 heteroatoms. The quantitative estimate of drug-likeness (QED) is 0.762. The molecule has 0 radical (unpaired) electrons. The van der Waals surface area contributed by atoms with Crippen molar-refractivity contribution in [3.8, 4) is 0 Å². The molecular formula is C16H22N2O3. The maximum atomic E-state index is 12.4. The van der Waals surface area contributed by atoms with E-state index in [0.29, 0.717) is 6.42 Å². The average Bonchev–Trinajstić information content (AvgIpc) is 2.80. The smallest absolute Gasteiger partial charge is 0.326 e. The molecule has 21 heavy (non-hydrogen) atoms. The van der Waals surface area contributed by atoms with Crippen molar-refractivity contribution in [2.45, 2.75) is 44.7 Å². The van der Waals surface area contributed by atoms with Crippen LogP contribution in [0, 0.1) is 5.41 Å². The van der Waals surface area contributed by atoms with Crippen LogP contribution >= 0.6 is 0 Å². The molecule has 1 aromatic carbocycles. The van der Waals surface area contributed by atoms with Crippen molar-refractivity contribution in [2.75, 3.05) is 0 Å². The number of aliphatic carboxylic acids is 1. The molecule has 114 valence electrons. The van der Waals surface area contributed by atoms with Gasteiger partial charge in [0.05, 0.1) is 5.41 Å². The number of carbonyl (C=O) groups excluding carboxylic acids is 1. The van der Waals surface area contributed by atoms with E-state index >= 15 is 0 Å². The molecule has 1 aliphatic carbocycles. The minimum absolute atomic E-state index is 0.205. The van der Waals surface area contributed by atoms with Crippen molar-refractivity contribution in [3.05, 3.63) is 35.9 Å². The Morgan fingerprint density at radius 2 is 2.10 bits per heavy atom. The first kappa shape index (κ1) is 15.5. The highest BCUT2D eigenvalue weighted by molar-refractivity contribution is 5.88. The second-order valence-electron chi connectivity index (χ2n) is 5.97. The van der Waals surface area contributed by atoms with Gasteiger partial charge in [0.15, 0.2) is 0 Å². The molecule has 0 spiro atoms. The Morgan fingerprint density at radius 1 is 1.43 bits per heavy atom. The maximum absolute atomic E-state index is 12.4. The third-order valence-electron chi connectivity index (χ3n) is 4.43. The van der Waals surface area contributed by atoms with E-state index in [0.717, 1.165) is 18.4 Å². The lowest BCUT2D eigenvalue weighted by Gasteiger charge is -2.29. The number of benzene rings is 1. The zero-order valence-corrected chi connectivity index (χ0v) is 12.2. The second-order valence-corrected chi connectivity index (χ2v) is 5.97. The summed E-state index contributed by atoms with van der Waals surface area (Å²) in [6.07, 6.45) is 2.69. The number of carboxylic acids is 1. The number of amides is 1. The minimum Gasteiger partial charge on any atom is -0.480 e. The summed E-state index contributed by atoms with van der Waals surface area (Å²) < 4.78 is 0. The van der Waals surface area contributed by atoms with Gasteiger partial charge in [-0.25, -0.2) is 4.79 Å². The summed E-state index contributed by atoms with van der Waals surface area (Å²) in [5.41, 5.74) is 6.23. The van der Waals surface area contributed by atoms with Crippen LogP contribution in [-0.4, -0.2) is 29.1 Å². The van der Waals surface area contributed by atoms with Gasteiger partial charge >= 0.3 is 5.97 Å². The van der Waals surface area contributed by atoms with Gasteiger partial charge in [-0.3, -0.25) is 4.79 Å². The Hall–Kier alpha value is -1.88. The van der Waals surface area contributed by atoms with E-state index in [1.807, 2.05) is 37.3 Å². The molecule has 1 aromatic rings. The molecule has 3 unspecified atom stereocenters. The van der Waals surface area contributed by atoms with Crippen LogP contribution in [0.25, 0.3) is 0 Å². The number of rotatable bonds is 5. The summed E-state index contributed by atoms with van der Waals surface area (Å²) >= 11 is 0. The molecule has 1 aliphatic rings. The molecule has 0 saturated heterocycles. The first-order chi connectivity index (χ1) is 9.93. The summed E-state index contributed by atoms with van der Waals surface area (Å²) in [5.74, 6) is -1.28. The third kappa shape index (κ3) is 3.42. The largest absolute Gasteiger partial charge is 0.480 e. The molecule has 0 bridgehead atoms. The summed E-state index contributed by atoms with van der Waals surface area (Å²) in [6.45, 7) is 1.82. The van der Waals surface area contributed by atoms with Gasteiger partial charge in [0.1, 0.15) is 6.04 Å². The predicted molar refractivity (Wildman–Crippen MR) is 79.6 cm³/mol. The lowest BCUT2D eigenvalue weighted by atomic mass is 9.84. The van der Waals surface area contributed by atoms with E-state index < -0.39 is 17.4 Å². The number of carbonyl (C=O) groups is 2. The zero-order valence-electron chi connectivity index (χ0n) is 12.2. The Morgan fingerprint density at radius 3 is 2.62 bits per heavy atom. The van der Waals surface area contributed by atoms with Crippen LogP contribution in [0.15, 0.2) is 30.3 Å². The van der Waals surface area contributed by atoms with Crippen LogP contribution in [0.4, 0.5) is 0 Å². The van der Waals surface area contributed by atoms with Crippen LogP contribution < -0.4 is 11.1 Å². The van der Waals surface area contributed by atoms with Crippen LogP contribution in [0.3, 0.4) is 0 Å². The third-order valence-corrected chi connectivity index (χ3v) is 4.43. The molecule has 0 heterocycles. The van der Waals surface area contributed by atoms with E-state index in [1.165, 1.54) is 0 Å². The minimum atomic E-state index is -1.03. The zero-order chi connectivity index (χ0) is 15.5. The fourth-order valence-electron chi connectivity index (χ4n) is 2.85. The standard InChI is InChI=1S/C16H22N2O3/c1-16(9-5-8-13(16)17)15(21)18-12(14(19)20)10-11-6-3-2-4-7-11/h2-4,6-7,12-13H,5,8-10,17H2,1H3,(H,18,21)(H,19,20). The SMILES string of the molecule is CC1(C(=O)NC(Cc2ccccc2)C(=O)O)CCCC1N. The van der Waals surface area contributed by atoms with Gasteiger partial charge in [0, 0.05) is 12.5 Å². The van der Waals surface area contributed by atoms with Crippen LogP contribution in [0.2, 0.25) is 0 Å². The van der Waals surface area contributed by atoms with Gasteiger partial charge in [-0.15, -0.1) is 0 Å². The van der Waals surface area contributed by atoms with Gasteiger partial charge in [0.25, 0.3) is 0 Å². The first-order valence-electron chi connectivity index (χ1n) is 7.27. The van der Waals surface area contributed by atoms with Crippen molar-refractivity contribution >= 4 is 11.9 Å². The van der Waals surface area contributed by atoms with E-state index in [2.05, 4.69) is 5.32 Å². The van der Waals surface area contributed by atoms with E-state index in [1.54, 1.807) is 0 Å². The highest BCUT2D eigenvalue weighted by Gasteiger charge is 2.44. The Balaban J connectivity index is 2.06. The Bertz CT molecular complexity index is 518. The lowest BCUT2D eigenvalue weighted by Crippen LogP contribution is -2.52. The van der Waals surface area contributed by atoms with Crippen LogP contribution in [-0.2, 0) is 16.0 Å². The number of hydrogen-bond acceptors (Lipinski definition) is 3. The summed E-state index contributed by atoms with van der Waals surface area (Å²) in [6, 6.07) is 8.15. The predicted octanol–water partition coefficient (Wildman–Crippen LogP) is 1.32. The summed E-state index contributed by atoms with van der Waals surface area (Å²) in [5, 5.41) is 12.0. The monoisotopic (exact) mass is 290 g/mol. The Labute approximate surface area is 124 Å².